The molecule has 3 nitrogen and oxygen atoms in total. The van der Waals surface area contributed by atoms with Gasteiger partial charge in [-0.05, 0) is 30.5 Å². The Balaban J connectivity index is 2.14. The van der Waals surface area contributed by atoms with Crippen LogP contribution < -0.4 is 4.74 Å². The van der Waals surface area contributed by atoms with Gasteiger partial charge in [0.05, 0.1) is 6.61 Å². The second-order valence-corrected chi connectivity index (χ2v) is 3.70. The van der Waals surface area contributed by atoms with Gasteiger partial charge in [-0.2, -0.15) is 0 Å². The number of epoxide rings is 1. The minimum absolute atomic E-state index is 0.286. The first-order chi connectivity index (χ1) is 7.20. The lowest BCUT2D eigenvalue weighted by Gasteiger charge is -2.07. The minimum atomic E-state index is -0.338. The predicted molar refractivity (Wildman–Crippen MR) is 55.9 cm³/mol. The third-order valence-electron chi connectivity index (χ3n) is 2.47. The molecular formula is C12H14O3. The zero-order valence-corrected chi connectivity index (χ0v) is 8.95. The fourth-order valence-electron chi connectivity index (χ4n) is 1.33. The number of esters is 1. The number of aryl methyl sites for hydroxylation is 2. The molecule has 0 radical (unpaired) electrons. The van der Waals surface area contributed by atoms with Gasteiger partial charge in [0.25, 0.3) is 0 Å². The van der Waals surface area contributed by atoms with E-state index in [1.807, 2.05) is 25.1 Å². The Labute approximate surface area is 89.0 Å². The van der Waals surface area contributed by atoms with Crippen molar-refractivity contribution in [1.29, 1.82) is 0 Å². The summed E-state index contributed by atoms with van der Waals surface area (Å²) in [5.74, 6) is 0.362. The highest BCUT2D eigenvalue weighted by Crippen LogP contribution is 2.22. The van der Waals surface area contributed by atoms with Crippen LogP contribution >= 0.6 is 0 Å². The highest BCUT2D eigenvalue weighted by Gasteiger charge is 2.33. The molecule has 0 spiro atoms. The first-order valence-electron chi connectivity index (χ1n) is 5.13. The van der Waals surface area contributed by atoms with Gasteiger partial charge in [0.2, 0.25) is 0 Å². The summed E-state index contributed by atoms with van der Waals surface area (Å²) in [6.07, 6.45) is 0.597. The molecule has 1 aliphatic heterocycles. The van der Waals surface area contributed by atoms with Gasteiger partial charge in [-0.15, -0.1) is 0 Å². The predicted octanol–water partition coefficient (Wildman–Crippen LogP) is 1.86. The van der Waals surface area contributed by atoms with Crippen molar-refractivity contribution in [3.05, 3.63) is 29.3 Å². The highest BCUT2D eigenvalue weighted by molar-refractivity contribution is 5.79. The molecule has 1 unspecified atom stereocenters. The fourth-order valence-corrected chi connectivity index (χ4v) is 1.33. The van der Waals surface area contributed by atoms with Crippen molar-refractivity contribution in [3.8, 4) is 5.75 Å². The largest absolute Gasteiger partial charge is 0.424 e. The third kappa shape index (κ3) is 2.36. The van der Waals surface area contributed by atoms with Crippen LogP contribution in [0.4, 0.5) is 0 Å². The average Bonchev–Trinajstić information content (AvgIpc) is 3.04. The fraction of sp³-hybridized carbons (Fsp3) is 0.417. The van der Waals surface area contributed by atoms with E-state index in [2.05, 4.69) is 6.92 Å². The quantitative estimate of drug-likeness (QED) is 0.430. The number of benzene rings is 1. The molecule has 1 saturated heterocycles. The zero-order valence-electron chi connectivity index (χ0n) is 8.95. The second kappa shape index (κ2) is 4.03. The summed E-state index contributed by atoms with van der Waals surface area (Å²) in [5, 5.41) is 0. The number of hydrogen-bond acceptors (Lipinski definition) is 3. The minimum Gasteiger partial charge on any atom is -0.424 e. The Kier molecular flexibility index (Phi) is 2.73. The van der Waals surface area contributed by atoms with Gasteiger partial charge in [-0.1, -0.05) is 19.1 Å². The molecule has 0 N–H and O–H groups in total. The maximum Gasteiger partial charge on any atom is 0.343 e. The molecule has 80 valence electrons. The number of carbonyl (C=O) groups excluding carboxylic acids is 1. The van der Waals surface area contributed by atoms with E-state index in [0.29, 0.717) is 12.4 Å². The molecule has 2 rings (SSSR count). The van der Waals surface area contributed by atoms with Gasteiger partial charge in [0.1, 0.15) is 5.75 Å². The van der Waals surface area contributed by atoms with Crippen LogP contribution in [0.1, 0.15) is 18.1 Å². The normalized spacial score (nSPS) is 18.7. The maximum atomic E-state index is 11.4. The van der Waals surface area contributed by atoms with Crippen LogP contribution in [-0.4, -0.2) is 18.7 Å². The molecule has 0 saturated carbocycles. The number of carbonyl (C=O) groups is 1. The Hall–Kier alpha value is -1.35. The van der Waals surface area contributed by atoms with Crippen molar-refractivity contribution < 1.29 is 14.3 Å². The SMILES string of the molecule is CCc1ccc(C)c(OC(=O)C2CO2)c1. The maximum absolute atomic E-state index is 11.4. The van der Waals surface area contributed by atoms with Crippen LogP contribution in [0.2, 0.25) is 0 Å². The van der Waals surface area contributed by atoms with Gasteiger partial charge < -0.3 is 9.47 Å². The van der Waals surface area contributed by atoms with Gasteiger partial charge in [-0.25, -0.2) is 4.79 Å². The van der Waals surface area contributed by atoms with E-state index in [0.717, 1.165) is 12.0 Å². The van der Waals surface area contributed by atoms with Crippen LogP contribution in [0.15, 0.2) is 18.2 Å². The monoisotopic (exact) mass is 206 g/mol. The summed E-state index contributed by atoms with van der Waals surface area (Å²) in [6.45, 7) is 4.49. The Bertz CT molecular complexity index is 380. The molecular weight excluding hydrogens is 192 g/mol. The van der Waals surface area contributed by atoms with E-state index >= 15 is 0 Å². The van der Waals surface area contributed by atoms with Crippen LogP contribution in [0.3, 0.4) is 0 Å². The standard InChI is InChI=1S/C12H14O3/c1-3-9-5-4-8(2)10(6-9)15-12(13)11-7-14-11/h4-6,11H,3,7H2,1-2H3. The molecule has 0 amide bonds. The molecule has 0 bridgehead atoms. The van der Waals surface area contributed by atoms with Crippen molar-refractivity contribution in [2.24, 2.45) is 0 Å². The van der Waals surface area contributed by atoms with E-state index in [9.17, 15) is 4.79 Å². The number of hydrogen-bond donors (Lipinski definition) is 0. The summed E-state index contributed by atoms with van der Waals surface area (Å²) >= 11 is 0. The van der Waals surface area contributed by atoms with Crippen molar-refractivity contribution in [3.63, 3.8) is 0 Å². The smallest absolute Gasteiger partial charge is 0.343 e. The number of rotatable bonds is 3. The molecule has 3 heteroatoms. The van der Waals surface area contributed by atoms with Crippen molar-refractivity contribution >= 4 is 5.97 Å². The Morgan fingerprint density at radius 3 is 2.93 bits per heavy atom. The average molecular weight is 206 g/mol. The molecule has 1 fully saturated rings. The molecule has 0 aromatic heterocycles. The summed E-state index contributed by atoms with van der Waals surface area (Å²) in [5.41, 5.74) is 2.14. The van der Waals surface area contributed by atoms with Crippen molar-refractivity contribution in [1.82, 2.24) is 0 Å². The third-order valence-corrected chi connectivity index (χ3v) is 2.47. The highest BCUT2D eigenvalue weighted by atomic mass is 16.6. The van der Waals surface area contributed by atoms with Crippen molar-refractivity contribution in [2.45, 2.75) is 26.4 Å². The van der Waals surface area contributed by atoms with Gasteiger partial charge >= 0.3 is 5.97 Å². The molecule has 1 aromatic rings. The molecule has 1 aromatic carbocycles. The van der Waals surface area contributed by atoms with Crippen molar-refractivity contribution in [2.75, 3.05) is 6.61 Å². The van der Waals surface area contributed by atoms with E-state index in [1.54, 1.807) is 0 Å². The van der Waals surface area contributed by atoms with Crippen LogP contribution in [0.5, 0.6) is 5.75 Å². The summed E-state index contributed by atoms with van der Waals surface area (Å²) in [6, 6.07) is 5.92. The molecule has 1 aliphatic rings. The molecule has 15 heavy (non-hydrogen) atoms. The van der Waals surface area contributed by atoms with E-state index < -0.39 is 0 Å². The zero-order chi connectivity index (χ0) is 10.8. The topological polar surface area (TPSA) is 38.8 Å². The van der Waals surface area contributed by atoms with E-state index in [4.69, 9.17) is 9.47 Å². The van der Waals surface area contributed by atoms with Gasteiger partial charge in [0.15, 0.2) is 6.10 Å². The molecule has 0 aliphatic carbocycles. The Morgan fingerprint density at radius 2 is 2.33 bits per heavy atom. The van der Waals surface area contributed by atoms with Crippen LogP contribution in [0, 0.1) is 6.92 Å². The van der Waals surface area contributed by atoms with Crippen LogP contribution in [-0.2, 0) is 16.0 Å². The lowest BCUT2D eigenvalue weighted by atomic mass is 10.1. The second-order valence-electron chi connectivity index (χ2n) is 3.70. The lowest BCUT2D eigenvalue weighted by molar-refractivity contribution is -0.135. The van der Waals surface area contributed by atoms with E-state index in [1.165, 1.54) is 5.56 Å². The molecule has 1 atom stereocenters. The number of ether oxygens (including phenoxy) is 2. The molecule has 1 heterocycles. The van der Waals surface area contributed by atoms with Gasteiger partial charge in [-0.3, -0.25) is 0 Å². The first-order valence-corrected chi connectivity index (χ1v) is 5.13. The van der Waals surface area contributed by atoms with Gasteiger partial charge in [0, 0.05) is 0 Å². The Morgan fingerprint density at radius 1 is 1.60 bits per heavy atom. The summed E-state index contributed by atoms with van der Waals surface area (Å²) < 4.78 is 10.1. The van der Waals surface area contributed by atoms with Crippen LogP contribution in [0.25, 0.3) is 0 Å². The summed E-state index contributed by atoms with van der Waals surface area (Å²) in [7, 11) is 0. The van der Waals surface area contributed by atoms with E-state index in [-0.39, 0.29) is 12.1 Å². The lowest BCUT2D eigenvalue weighted by Crippen LogP contribution is -2.15. The summed E-state index contributed by atoms with van der Waals surface area (Å²) in [4.78, 5) is 11.4. The first kappa shape index (κ1) is 10.2.